The zero-order valence-corrected chi connectivity index (χ0v) is 9.15. The lowest BCUT2D eigenvalue weighted by atomic mass is 10.1. The number of carbonyl (C=O) groups is 1. The minimum absolute atomic E-state index is 0.0864. The summed E-state index contributed by atoms with van der Waals surface area (Å²) in [5, 5.41) is 0. The van der Waals surface area contributed by atoms with Crippen LogP contribution in [0.25, 0.3) is 0 Å². The molecule has 0 aliphatic heterocycles. The number of carbonyl (C=O) groups excluding carboxylic acids is 1. The third-order valence-corrected chi connectivity index (χ3v) is 2.25. The molecule has 0 aliphatic carbocycles. The van der Waals surface area contributed by atoms with Gasteiger partial charge in [-0.1, -0.05) is 30.3 Å². The van der Waals surface area contributed by atoms with E-state index >= 15 is 0 Å². The summed E-state index contributed by atoms with van der Waals surface area (Å²) in [5.74, 6) is 0.0864. The molecule has 0 saturated heterocycles. The molecule has 0 amide bonds. The zero-order valence-electron chi connectivity index (χ0n) is 9.15. The predicted octanol–water partition coefficient (Wildman–Crippen LogP) is 1.37. The number of benzene rings is 1. The fourth-order valence-electron chi connectivity index (χ4n) is 1.36. The summed E-state index contributed by atoms with van der Waals surface area (Å²) in [4.78, 5) is 10.7. The first-order valence-corrected chi connectivity index (χ1v) is 5.24. The van der Waals surface area contributed by atoms with Gasteiger partial charge in [0.2, 0.25) is 0 Å². The van der Waals surface area contributed by atoms with Gasteiger partial charge in [0.05, 0.1) is 0 Å². The van der Waals surface area contributed by atoms with Crippen molar-refractivity contribution in [3.63, 3.8) is 0 Å². The van der Waals surface area contributed by atoms with E-state index in [9.17, 15) is 4.79 Å². The number of quaternary nitrogens is 1. The van der Waals surface area contributed by atoms with Crippen molar-refractivity contribution in [3.05, 3.63) is 48.0 Å². The maximum atomic E-state index is 10.7. The maximum absolute atomic E-state index is 10.7. The first-order valence-electron chi connectivity index (χ1n) is 5.24. The molecule has 15 heavy (non-hydrogen) atoms. The highest BCUT2D eigenvalue weighted by molar-refractivity contribution is 5.87. The number of rotatable bonds is 5. The summed E-state index contributed by atoms with van der Waals surface area (Å²) >= 11 is 0. The van der Waals surface area contributed by atoms with Gasteiger partial charge < -0.3 is 5.73 Å². The van der Waals surface area contributed by atoms with E-state index in [-0.39, 0.29) is 11.8 Å². The second-order valence-corrected chi connectivity index (χ2v) is 3.75. The summed E-state index contributed by atoms with van der Waals surface area (Å²) in [7, 11) is 0. The SMILES string of the molecule is CC(=O)/C=C/C([NH3+])CCc1ccccc1. The Balaban J connectivity index is 2.34. The van der Waals surface area contributed by atoms with E-state index in [0.29, 0.717) is 0 Å². The van der Waals surface area contributed by atoms with Gasteiger partial charge in [-0.3, -0.25) is 4.79 Å². The van der Waals surface area contributed by atoms with Gasteiger partial charge in [-0.15, -0.1) is 0 Å². The Labute approximate surface area is 90.8 Å². The second-order valence-electron chi connectivity index (χ2n) is 3.75. The van der Waals surface area contributed by atoms with Crippen molar-refractivity contribution in [2.24, 2.45) is 0 Å². The molecule has 0 heterocycles. The van der Waals surface area contributed by atoms with Crippen molar-refractivity contribution in [1.82, 2.24) is 0 Å². The van der Waals surface area contributed by atoms with Crippen LogP contribution < -0.4 is 5.73 Å². The average molecular weight is 204 g/mol. The van der Waals surface area contributed by atoms with E-state index in [1.807, 2.05) is 24.3 Å². The monoisotopic (exact) mass is 204 g/mol. The Kier molecular flexibility index (Phi) is 4.78. The number of allylic oxidation sites excluding steroid dienone is 1. The van der Waals surface area contributed by atoms with E-state index in [0.717, 1.165) is 12.8 Å². The molecule has 0 bridgehead atoms. The molecule has 1 aromatic rings. The molecule has 0 aromatic heterocycles. The lowest BCUT2D eigenvalue weighted by molar-refractivity contribution is -0.404. The van der Waals surface area contributed by atoms with E-state index in [4.69, 9.17) is 0 Å². The van der Waals surface area contributed by atoms with Gasteiger partial charge in [0.1, 0.15) is 6.04 Å². The molecule has 0 fully saturated rings. The Bertz CT molecular complexity index is 330. The van der Waals surface area contributed by atoms with Crippen LogP contribution in [0.5, 0.6) is 0 Å². The largest absolute Gasteiger partial charge is 0.352 e. The lowest BCUT2D eigenvalue weighted by Crippen LogP contribution is -2.59. The molecule has 3 N–H and O–H groups in total. The minimum atomic E-state index is 0.0864. The molecule has 80 valence electrons. The third-order valence-electron chi connectivity index (χ3n) is 2.25. The van der Waals surface area contributed by atoms with E-state index in [2.05, 4.69) is 17.9 Å². The van der Waals surface area contributed by atoms with E-state index in [1.54, 1.807) is 13.0 Å². The number of aryl methyl sites for hydroxylation is 1. The van der Waals surface area contributed by atoms with Crippen LogP contribution in [0.2, 0.25) is 0 Å². The highest BCUT2D eigenvalue weighted by Crippen LogP contribution is 2.03. The van der Waals surface area contributed by atoms with Crippen LogP contribution in [0.3, 0.4) is 0 Å². The number of hydrogen-bond donors (Lipinski definition) is 1. The number of hydrogen-bond acceptors (Lipinski definition) is 1. The van der Waals surface area contributed by atoms with Crippen LogP contribution in [0.1, 0.15) is 18.9 Å². The van der Waals surface area contributed by atoms with Crippen molar-refractivity contribution in [2.75, 3.05) is 0 Å². The lowest BCUT2D eigenvalue weighted by Gasteiger charge is -2.03. The highest BCUT2D eigenvalue weighted by Gasteiger charge is 2.01. The van der Waals surface area contributed by atoms with Crippen molar-refractivity contribution in [2.45, 2.75) is 25.8 Å². The Morgan fingerprint density at radius 2 is 2.07 bits per heavy atom. The van der Waals surface area contributed by atoms with Crippen LogP contribution >= 0.6 is 0 Å². The summed E-state index contributed by atoms with van der Waals surface area (Å²) in [6, 6.07) is 10.5. The summed E-state index contributed by atoms with van der Waals surface area (Å²) in [5.41, 5.74) is 5.31. The van der Waals surface area contributed by atoms with Gasteiger partial charge >= 0.3 is 0 Å². The molecule has 2 nitrogen and oxygen atoms in total. The summed E-state index contributed by atoms with van der Waals surface area (Å²) < 4.78 is 0. The van der Waals surface area contributed by atoms with Crippen LogP contribution in [-0.2, 0) is 11.2 Å². The van der Waals surface area contributed by atoms with E-state index in [1.165, 1.54) is 5.56 Å². The van der Waals surface area contributed by atoms with Gasteiger partial charge in [0.25, 0.3) is 0 Å². The van der Waals surface area contributed by atoms with Gasteiger partial charge in [-0.2, -0.15) is 0 Å². The summed E-state index contributed by atoms with van der Waals surface area (Å²) in [6.45, 7) is 1.56. The van der Waals surface area contributed by atoms with Crippen LogP contribution in [-0.4, -0.2) is 11.8 Å². The first-order chi connectivity index (χ1) is 7.18. The fourth-order valence-corrected chi connectivity index (χ4v) is 1.36. The van der Waals surface area contributed by atoms with Gasteiger partial charge in [-0.05, 0) is 31.1 Å². The van der Waals surface area contributed by atoms with Gasteiger partial charge in [-0.25, -0.2) is 0 Å². The molecular weight excluding hydrogens is 186 g/mol. The van der Waals surface area contributed by atoms with Crippen molar-refractivity contribution in [3.8, 4) is 0 Å². The summed E-state index contributed by atoms with van der Waals surface area (Å²) in [6.07, 6.45) is 5.47. The van der Waals surface area contributed by atoms with Crippen molar-refractivity contribution in [1.29, 1.82) is 0 Å². The normalized spacial score (nSPS) is 12.9. The topological polar surface area (TPSA) is 44.7 Å². The molecule has 0 saturated carbocycles. The molecule has 1 atom stereocenters. The van der Waals surface area contributed by atoms with Crippen LogP contribution in [0, 0.1) is 0 Å². The highest BCUT2D eigenvalue weighted by atomic mass is 16.1. The molecule has 0 spiro atoms. The second kappa shape index (κ2) is 6.14. The molecule has 1 aromatic carbocycles. The standard InChI is InChI=1S/C13H17NO/c1-11(15)7-9-13(14)10-8-12-5-3-2-4-6-12/h2-7,9,13H,8,10,14H2,1H3/p+1/b9-7+. The molecule has 1 rings (SSSR count). The van der Waals surface area contributed by atoms with Gasteiger partial charge in [0, 0.05) is 6.42 Å². The molecular formula is C13H18NO+. The fraction of sp³-hybridized carbons (Fsp3) is 0.308. The Morgan fingerprint density at radius 3 is 2.67 bits per heavy atom. The predicted molar refractivity (Wildman–Crippen MR) is 61.3 cm³/mol. The number of ketones is 1. The average Bonchev–Trinajstić information content (AvgIpc) is 2.25. The van der Waals surface area contributed by atoms with Gasteiger partial charge in [0.15, 0.2) is 5.78 Å². The minimum Gasteiger partial charge on any atom is -0.352 e. The Morgan fingerprint density at radius 1 is 1.40 bits per heavy atom. The molecule has 1 unspecified atom stereocenters. The third kappa shape index (κ3) is 5.13. The molecule has 0 radical (unpaired) electrons. The Hall–Kier alpha value is -1.41. The molecule has 0 aliphatic rings. The van der Waals surface area contributed by atoms with Crippen molar-refractivity contribution >= 4 is 5.78 Å². The first kappa shape index (κ1) is 11.7. The maximum Gasteiger partial charge on any atom is 0.152 e. The quantitative estimate of drug-likeness (QED) is 0.723. The van der Waals surface area contributed by atoms with Crippen molar-refractivity contribution < 1.29 is 10.5 Å². The zero-order chi connectivity index (χ0) is 11.1. The van der Waals surface area contributed by atoms with E-state index < -0.39 is 0 Å². The van der Waals surface area contributed by atoms with Crippen LogP contribution in [0.15, 0.2) is 42.5 Å². The molecule has 2 heteroatoms. The smallest absolute Gasteiger partial charge is 0.152 e. The van der Waals surface area contributed by atoms with Crippen LogP contribution in [0.4, 0.5) is 0 Å².